The maximum atomic E-state index is 12.3. The summed E-state index contributed by atoms with van der Waals surface area (Å²) >= 11 is 3.07. The summed E-state index contributed by atoms with van der Waals surface area (Å²) < 4.78 is 32.5. The summed E-state index contributed by atoms with van der Waals surface area (Å²) in [5, 5.41) is 8.97. The molecule has 0 aromatic carbocycles. The van der Waals surface area contributed by atoms with Gasteiger partial charge >= 0.3 is 0 Å². The van der Waals surface area contributed by atoms with E-state index in [1.807, 2.05) is 6.92 Å². The van der Waals surface area contributed by atoms with E-state index in [1.165, 1.54) is 18.9 Å². The fourth-order valence-corrected chi connectivity index (χ4v) is 4.33. The van der Waals surface area contributed by atoms with Gasteiger partial charge in [-0.3, -0.25) is 0 Å². The van der Waals surface area contributed by atoms with Gasteiger partial charge in [0.05, 0.1) is 0 Å². The molecule has 0 amide bonds. The molecule has 0 spiro atoms. The first-order valence-electron chi connectivity index (χ1n) is 6.37. The third-order valence-electron chi connectivity index (χ3n) is 3.28. The van der Waals surface area contributed by atoms with E-state index in [4.69, 9.17) is 9.52 Å². The standard InChI is InChI=1S/C12H18BrNO4S/c1-2-9(5-8-3-4-8)14-19(16,17)11-6-10(7-15)18-12(11)13/h6,8-9,14-15H,2-5,7H2,1H3. The van der Waals surface area contributed by atoms with Crippen LogP contribution in [0.4, 0.5) is 0 Å². The summed E-state index contributed by atoms with van der Waals surface area (Å²) in [5.74, 6) is 0.885. The molecule has 7 heteroatoms. The zero-order chi connectivity index (χ0) is 14.0. The van der Waals surface area contributed by atoms with Gasteiger partial charge in [0.25, 0.3) is 0 Å². The Balaban J connectivity index is 2.13. The number of furan rings is 1. The predicted molar refractivity (Wildman–Crippen MR) is 74.1 cm³/mol. The van der Waals surface area contributed by atoms with Gasteiger partial charge in [-0.1, -0.05) is 19.8 Å². The van der Waals surface area contributed by atoms with Crippen molar-refractivity contribution in [1.29, 1.82) is 0 Å². The molecule has 0 saturated heterocycles. The Morgan fingerprint density at radius 2 is 2.26 bits per heavy atom. The van der Waals surface area contributed by atoms with E-state index in [2.05, 4.69) is 20.7 Å². The minimum Gasteiger partial charge on any atom is -0.450 e. The van der Waals surface area contributed by atoms with Crippen LogP contribution in [-0.4, -0.2) is 19.6 Å². The molecular weight excluding hydrogens is 334 g/mol. The van der Waals surface area contributed by atoms with E-state index < -0.39 is 10.0 Å². The molecular formula is C12H18BrNO4S. The SMILES string of the molecule is CCC(CC1CC1)NS(=O)(=O)c1cc(CO)oc1Br. The molecule has 0 aliphatic heterocycles. The van der Waals surface area contributed by atoms with E-state index in [0.717, 1.165) is 12.8 Å². The van der Waals surface area contributed by atoms with Crippen molar-refractivity contribution in [3.63, 3.8) is 0 Å². The largest absolute Gasteiger partial charge is 0.450 e. The number of rotatable bonds is 7. The number of aliphatic hydroxyl groups excluding tert-OH is 1. The molecule has 1 fully saturated rings. The Kier molecular flexibility index (Phi) is 4.70. The molecule has 1 aliphatic rings. The minimum atomic E-state index is -3.61. The lowest BCUT2D eigenvalue weighted by Gasteiger charge is -2.16. The lowest BCUT2D eigenvalue weighted by atomic mass is 10.1. The summed E-state index contributed by atoms with van der Waals surface area (Å²) in [6.45, 7) is 1.65. The van der Waals surface area contributed by atoms with Crippen LogP contribution in [0.25, 0.3) is 0 Å². The Morgan fingerprint density at radius 1 is 1.58 bits per heavy atom. The molecule has 2 N–H and O–H groups in total. The summed E-state index contributed by atoms with van der Waals surface area (Å²) in [7, 11) is -3.61. The van der Waals surface area contributed by atoms with Gasteiger partial charge in [0, 0.05) is 12.1 Å². The van der Waals surface area contributed by atoms with Crippen molar-refractivity contribution in [2.45, 2.75) is 50.2 Å². The highest BCUT2D eigenvalue weighted by Crippen LogP contribution is 2.34. The van der Waals surface area contributed by atoms with Crippen LogP contribution in [0.15, 0.2) is 20.0 Å². The molecule has 1 aromatic heterocycles. The maximum absolute atomic E-state index is 12.3. The van der Waals surface area contributed by atoms with Gasteiger partial charge in [0.15, 0.2) is 4.67 Å². The van der Waals surface area contributed by atoms with Crippen LogP contribution < -0.4 is 4.72 Å². The van der Waals surface area contributed by atoms with E-state index in [0.29, 0.717) is 5.92 Å². The summed E-state index contributed by atoms with van der Waals surface area (Å²) in [4.78, 5) is 0.0470. The molecule has 0 radical (unpaired) electrons. The molecule has 1 aromatic rings. The van der Waals surface area contributed by atoms with Crippen molar-refractivity contribution < 1.29 is 17.9 Å². The maximum Gasteiger partial charge on any atom is 0.245 e. The van der Waals surface area contributed by atoms with E-state index in [1.54, 1.807) is 0 Å². The first-order valence-corrected chi connectivity index (χ1v) is 8.65. The van der Waals surface area contributed by atoms with E-state index >= 15 is 0 Å². The Labute approximate surface area is 121 Å². The molecule has 0 bridgehead atoms. The second-order valence-corrected chi connectivity index (χ2v) is 7.32. The van der Waals surface area contributed by atoms with E-state index in [9.17, 15) is 8.42 Å². The van der Waals surface area contributed by atoms with Crippen LogP contribution in [0.5, 0.6) is 0 Å². The minimum absolute atomic E-state index is 0.0446. The van der Waals surface area contributed by atoms with Crippen molar-refractivity contribution in [1.82, 2.24) is 4.72 Å². The zero-order valence-electron chi connectivity index (χ0n) is 10.7. The highest BCUT2D eigenvalue weighted by Gasteiger charge is 2.29. The molecule has 1 saturated carbocycles. The number of hydrogen-bond acceptors (Lipinski definition) is 4. The molecule has 2 rings (SSSR count). The Morgan fingerprint density at radius 3 is 2.74 bits per heavy atom. The summed E-state index contributed by atoms with van der Waals surface area (Å²) in [5.41, 5.74) is 0. The molecule has 108 valence electrons. The molecule has 5 nitrogen and oxygen atoms in total. The molecule has 1 unspecified atom stereocenters. The molecule has 19 heavy (non-hydrogen) atoms. The first-order chi connectivity index (χ1) is 8.96. The van der Waals surface area contributed by atoms with Crippen LogP contribution in [0.1, 0.15) is 38.4 Å². The lowest BCUT2D eigenvalue weighted by molar-refractivity contribution is 0.245. The number of nitrogens with one attached hydrogen (secondary N) is 1. The van der Waals surface area contributed by atoms with E-state index in [-0.39, 0.29) is 28.0 Å². The fraction of sp³-hybridized carbons (Fsp3) is 0.667. The zero-order valence-corrected chi connectivity index (χ0v) is 13.1. The van der Waals surface area contributed by atoms with Gasteiger partial charge in [-0.2, -0.15) is 0 Å². The van der Waals surface area contributed by atoms with Gasteiger partial charge in [0.2, 0.25) is 10.0 Å². The van der Waals surface area contributed by atoms with Crippen LogP contribution in [-0.2, 0) is 16.6 Å². The Bertz CT molecular complexity index is 536. The lowest BCUT2D eigenvalue weighted by Crippen LogP contribution is -2.34. The van der Waals surface area contributed by atoms with Crippen molar-refractivity contribution in [2.24, 2.45) is 5.92 Å². The number of sulfonamides is 1. The summed E-state index contributed by atoms with van der Waals surface area (Å²) in [6.07, 6.45) is 4.04. The smallest absolute Gasteiger partial charge is 0.245 e. The van der Waals surface area contributed by atoms with Gasteiger partial charge in [-0.05, 0) is 34.7 Å². The monoisotopic (exact) mass is 351 g/mol. The third kappa shape index (κ3) is 3.81. The first kappa shape index (κ1) is 15.0. The van der Waals surface area contributed by atoms with Crippen molar-refractivity contribution in [2.75, 3.05) is 0 Å². The second kappa shape index (κ2) is 5.95. The third-order valence-corrected chi connectivity index (χ3v) is 5.66. The van der Waals surface area contributed by atoms with Crippen LogP contribution in [0.3, 0.4) is 0 Å². The predicted octanol–water partition coefficient (Wildman–Crippen LogP) is 2.39. The molecule has 1 aliphatic carbocycles. The normalized spacial score (nSPS) is 17.6. The Hall–Kier alpha value is -0.370. The van der Waals surface area contributed by atoms with Gasteiger partial charge in [-0.15, -0.1) is 0 Å². The molecule has 1 atom stereocenters. The number of hydrogen-bond donors (Lipinski definition) is 2. The van der Waals surface area contributed by atoms with Crippen LogP contribution >= 0.6 is 15.9 Å². The fourth-order valence-electron chi connectivity index (χ4n) is 2.00. The average Bonchev–Trinajstić information content (AvgIpc) is 3.08. The van der Waals surface area contributed by atoms with Crippen LogP contribution in [0.2, 0.25) is 0 Å². The summed E-state index contributed by atoms with van der Waals surface area (Å²) in [6, 6.07) is 1.30. The van der Waals surface area contributed by atoms with Crippen molar-refractivity contribution >= 4 is 26.0 Å². The van der Waals surface area contributed by atoms with Gasteiger partial charge < -0.3 is 9.52 Å². The number of aliphatic hydroxyl groups is 1. The van der Waals surface area contributed by atoms with Gasteiger partial charge in [0.1, 0.15) is 17.3 Å². The van der Waals surface area contributed by atoms with Gasteiger partial charge in [-0.25, -0.2) is 13.1 Å². The topological polar surface area (TPSA) is 79.5 Å². The van der Waals surface area contributed by atoms with Crippen molar-refractivity contribution in [3.8, 4) is 0 Å². The quantitative estimate of drug-likeness (QED) is 0.790. The van der Waals surface area contributed by atoms with Crippen molar-refractivity contribution in [3.05, 3.63) is 16.5 Å². The highest BCUT2D eigenvalue weighted by atomic mass is 79.9. The van der Waals surface area contributed by atoms with Crippen LogP contribution in [0, 0.1) is 5.92 Å². The molecule has 1 heterocycles. The number of halogens is 1. The average molecular weight is 352 g/mol. The second-order valence-electron chi connectivity index (χ2n) is 4.91. The highest BCUT2D eigenvalue weighted by molar-refractivity contribution is 9.10.